The van der Waals surface area contributed by atoms with Crippen molar-refractivity contribution in [2.75, 3.05) is 0 Å². The third-order valence-corrected chi connectivity index (χ3v) is 5.84. The summed E-state index contributed by atoms with van der Waals surface area (Å²) in [5.41, 5.74) is 3.35. The number of nitriles is 2. The van der Waals surface area contributed by atoms with Crippen LogP contribution in [0.5, 0.6) is 0 Å². The minimum absolute atomic E-state index is 0.0527. The molecule has 2 aromatic carbocycles. The molecule has 0 bridgehead atoms. The Morgan fingerprint density at radius 1 is 1.06 bits per heavy atom. The summed E-state index contributed by atoms with van der Waals surface area (Å²) in [6.45, 7) is 0.909. The topological polar surface area (TPSA) is 81.6 Å². The first-order chi connectivity index (χ1) is 15.2. The summed E-state index contributed by atoms with van der Waals surface area (Å²) in [4.78, 5) is 13.6. The summed E-state index contributed by atoms with van der Waals surface area (Å²) in [5, 5.41) is 24.7. The SMILES string of the molecule is N#C/C(=C\c1cn(Cc2ccccc2C#N)c2ccccc12)C(=O)NCc1cccs1. The molecule has 0 fully saturated rings. The van der Waals surface area contributed by atoms with E-state index in [1.165, 1.54) is 0 Å². The van der Waals surface area contributed by atoms with Gasteiger partial charge < -0.3 is 9.88 Å². The number of benzene rings is 2. The summed E-state index contributed by atoms with van der Waals surface area (Å²) in [5.74, 6) is -0.400. The van der Waals surface area contributed by atoms with E-state index in [2.05, 4.69) is 11.4 Å². The zero-order valence-corrected chi connectivity index (χ0v) is 17.4. The van der Waals surface area contributed by atoms with Crippen molar-refractivity contribution in [1.29, 1.82) is 10.5 Å². The van der Waals surface area contributed by atoms with Crippen molar-refractivity contribution in [3.8, 4) is 12.1 Å². The summed E-state index contributed by atoms with van der Waals surface area (Å²) in [6, 6.07) is 23.4. The molecular weight excluding hydrogens is 404 g/mol. The van der Waals surface area contributed by atoms with Gasteiger partial charge in [-0.3, -0.25) is 4.79 Å². The van der Waals surface area contributed by atoms with Gasteiger partial charge in [-0.15, -0.1) is 11.3 Å². The molecule has 0 aliphatic rings. The van der Waals surface area contributed by atoms with Gasteiger partial charge in [-0.2, -0.15) is 10.5 Å². The standard InChI is InChI=1S/C25H18N4OS/c26-13-18-6-1-2-7-19(18)16-29-17-21(23-9-3-4-10-24(23)29)12-20(14-27)25(30)28-15-22-8-5-11-31-22/h1-12,17H,15-16H2,(H,28,30)/b20-12+. The number of aromatic nitrogens is 1. The van der Waals surface area contributed by atoms with E-state index >= 15 is 0 Å². The van der Waals surface area contributed by atoms with E-state index in [1.54, 1.807) is 23.5 Å². The second-order valence-corrected chi connectivity index (χ2v) is 7.96. The summed E-state index contributed by atoms with van der Waals surface area (Å²) < 4.78 is 2.04. The summed E-state index contributed by atoms with van der Waals surface area (Å²) in [6.07, 6.45) is 3.54. The van der Waals surface area contributed by atoms with Crippen molar-refractivity contribution in [1.82, 2.24) is 9.88 Å². The maximum atomic E-state index is 12.6. The van der Waals surface area contributed by atoms with Crippen LogP contribution in [0.15, 0.2) is 77.8 Å². The minimum Gasteiger partial charge on any atom is -0.347 e. The Morgan fingerprint density at radius 3 is 2.65 bits per heavy atom. The highest BCUT2D eigenvalue weighted by molar-refractivity contribution is 7.09. The molecule has 4 aromatic rings. The summed E-state index contributed by atoms with van der Waals surface area (Å²) in [7, 11) is 0. The molecule has 0 saturated heterocycles. The Morgan fingerprint density at radius 2 is 1.87 bits per heavy atom. The number of thiophene rings is 1. The molecular formula is C25H18N4OS. The summed E-state index contributed by atoms with van der Waals surface area (Å²) >= 11 is 1.55. The molecule has 0 radical (unpaired) electrons. The highest BCUT2D eigenvalue weighted by Crippen LogP contribution is 2.25. The van der Waals surface area contributed by atoms with Gasteiger partial charge in [-0.05, 0) is 35.2 Å². The van der Waals surface area contributed by atoms with Crippen LogP contribution in [0.4, 0.5) is 0 Å². The number of carbonyl (C=O) groups is 1. The third kappa shape index (κ3) is 4.40. The van der Waals surface area contributed by atoms with Crippen LogP contribution in [0.1, 0.15) is 21.6 Å². The lowest BCUT2D eigenvalue weighted by Crippen LogP contribution is -2.23. The van der Waals surface area contributed by atoms with Crippen LogP contribution in [-0.4, -0.2) is 10.5 Å². The number of carbonyl (C=O) groups excluding carboxylic acids is 1. The Hall–Kier alpha value is -4.13. The number of hydrogen-bond donors (Lipinski definition) is 1. The first kappa shape index (κ1) is 20.2. The van der Waals surface area contributed by atoms with Crippen LogP contribution in [0, 0.1) is 22.7 Å². The van der Waals surface area contributed by atoms with Crippen molar-refractivity contribution in [3.05, 3.63) is 99.4 Å². The first-order valence-electron chi connectivity index (χ1n) is 9.68. The molecule has 0 spiro atoms. The number of nitrogens with zero attached hydrogens (tertiary/aromatic N) is 3. The van der Waals surface area contributed by atoms with E-state index < -0.39 is 5.91 Å². The van der Waals surface area contributed by atoms with Crippen molar-refractivity contribution in [3.63, 3.8) is 0 Å². The van der Waals surface area contributed by atoms with Crippen LogP contribution in [-0.2, 0) is 17.9 Å². The van der Waals surface area contributed by atoms with E-state index in [4.69, 9.17) is 0 Å². The molecule has 0 saturated carbocycles. The van der Waals surface area contributed by atoms with Crippen molar-refractivity contribution < 1.29 is 4.79 Å². The maximum Gasteiger partial charge on any atom is 0.262 e. The van der Waals surface area contributed by atoms with E-state index in [1.807, 2.05) is 76.8 Å². The fourth-order valence-corrected chi connectivity index (χ4v) is 4.10. The molecule has 0 aliphatic heterocycles. The second-order valence-electron chi connectivity index (χ2n) is 6.93. The molecule has 31 heavy (non-hydrogen) atoms. The van der Waals surface area contributed by atoms with Gasteiger partial charge in [0.25, 0.3) is 5.91 Å². The predicted octanol–water partition coefficient (Wildman–Crippen LogP) is 4.85. The van der Waals surface area contributed by atoms with Crippen LogP contribution >= 0.6 is 11.3 Å². The molecule has 0 atom stereocenters. The molecule has 6 heteroatoms. The number of para-hydroxylation sites is 1. The van der Waals surface area contributed by atoms with Crippen molar-refractivity contribution in [2.24, 2.45) is 0 Å². The lowest BCUT2D eigenvalue weighted by atomic mass is 10.1. The smallest absolute Gasteiger partial charge is 0.262 e. The molecule has 2 heterocycles. The van der Waals surface area contributed by atoms with E-state index in [0.717, 1.165) is 26.9 Å². The molecule has 1 amide bonds. The average Bonchev–Trinajstić information content (AvgIpc) is 3.45. The van der Waals surface area contributed by atoms with Crippen molar-refractivity contribution >= 4 is 34.2 Å². The van der Waals surface area contributed by atoms with E-state index in [0.29, 0.717) is 18.7 Å². The van der Waals surface area contributed by atoms with E-state index in [9.17, 15) is 15.3 Å². The third-order valence-electron chi connectivity index (χ3n) is 4.97. The molecule has 0 aliphatic carbocycles. The number of rotatable bonds is 6. The Kier molecular flexibility index (Phi) is 5.93. The normalized spacial score (nSPS) is 11.1. The molecule has 2 aromatic heterocycles. The molecule has 5 nitrogen and oxygen atoms in total. The zero-order chi connectivity index (χ0) is 21.6. The van der Waals surface area contributed by atoms with Gasteiger partial charge in [-0.1, -0.05) is 42.5 Å². The number of amides is 1. The van der Waals surface area contributed by atoms with Crippen LogP contribution < -0.4 is 5.32 Å². The van der Waals surface area contributed by atoms with Crippen LogP contribution in [0.3, 0.4) is 0 Å². The maximum absolute atomic E-state index is 12.6. The van der Waals surface area contributed by atoms with Crippen LogP contribution in [0.2, 0.25) is 0 Å². The highest BCUT2D eigenvalue weighted by atomic mass is 32.1. The van der Waals surface area contributed by atoms with Gasteiger partial charge in [0.15, 0.2) is 0 Å². The molecule has 0 unspecified atom stereocenters. The quantitative estimate of drug-likeness (QED) is 0.356. The molecule has 150 valence electrons. The largest absolute Gasteiger partial charge is 0.347 e. The minimum atomic E-state index is -0.400. The zero-order valence-electron chi connectivity index (χ0n) is 16.6. The van der Waals surface area contributed by atoms with Gasteiger partial charge in [0.05, 0.1) is 18.2 Å². The van der Waals surface area contributed by atoms with E-state index in [-0.39, 0.29) is 5.57 Å². The number of hydrogen-bond acceptors (Lipinski definition) is 4. The van der Waals surface area contributed by atoms with Gasteiger partial charge >= 0.3 is 0 Å². The second kappa shape index (κ2) is 9.13. The predicted molar refractivity (Wildman–Crippen MR) is 122 cm³/mol. The molecule has 1 N–H and O–H groups in total. The van der Waals surface area contributed by atoms with Crippen molar-refractivity contribution in [2.45, 2.75) is 13.1 Å². The number of fused-ring (bicyclic) bond motifs is 1. The van der Waals surface area contributed by atoms with Crippen LogP contribution in [0.25, 0.3) is 17.0 Å². The first-order valence-corrected chi connectivity index (χ1v) is 10.6. The van der Waals surface area contributed by atoms with Gasteiger partial charge in [0.2, 0.25) is 0 Å². The van der Waals surface area contributed by atoms with Gasteiger partial charge in [0.1, 0.15) is 11.6 Å². The monoisotopic (exact) mass is 422 g/mol. The molecule has 4 rings (SSSR count). The lowest BCUT2D eigenvalue weighted by molar-refractivity contribution is -0.117. The average molecular weight is 423 g/mol. The van der Waals surface area contributed by atoms with Gasteiger partial charge in [-0.25, -0.2) is 0 Å². The fraction of sp³-hybridized carbons (Fsp3) is 0.0800. The lowest BCUT2D eigenvalue weighted by Gasteiger charge is -2.07. The fourth-order valence-electron chi connectivity index (χ4n) is 3.45. The number of nitrogens with one attached hydrogen (secondary N) is 1. The Balaban J connectivity index is 1.66. The highest BCUT2D eigenvalue weighted by Gasteiger charge is 2.13. The Labute approximate surface area is 184 Å². The Bertz CT molecular complexity index is 1350. The van der Waals surface area contributed by atoms with Gasteiger partial charge in [0, 0.05) is 34.1 Å².